The van der Waals surface area contributed by atoms with Crippen molar-refractivity contribution in [2.24, 2.45) is 0 Å². The van der Waals surface area contributed by atoms with Crippen LogP contribution >= 0.6 is 34.3 Å². The van der Waals surface area contributed by atoms with Crippen LogP contribution in [0.15, 0.2) is 23.7 Å². The number of hydrogen-bond acceptors (Lipinski definition) is 6. The SMILES string of the molecule is CN(Cc1ccc(Cl)s1)c1nc2sccn2c1[N+](=O)[O-]. The predicted molar refractivity (Wildman–Crippen MR) is 81.2 cm³/mol. The number of thiazole rings is 1. The number of imidazole rings is 1. The van der Waals surface area contributed by atoms with Gasteiger partial charge in [-0.3, -0.25) is 0 Å². The Kier molecular flexibility index (Phi) is 3.36. The standard InChI is InChI=1S/C11H9ClN4O2S2/c1-14(6-7-2-3-8(12)20-7)9-10(16(17)18)15-4-5-19-11(15)13-9/h2-5H,6H2,1H3. The molecule has 3 heterocycles. The van der Waals surface area contributed by atoms with Gasteiger partial charge >= 0.3 is 5.82 Å². The first kappa shape index (κ1) is 13.3. The normalized spacial score (nSPS) is 11.1. The van der Waals surface area contributed by atoms with E-state index < -0.39 is 4.92 Å². The Balaban J connectivity index is 1.98. The Morgan fingerprint density at radius 2 is 2.35 bits per heavy atom. The van der Waals surface area contributed by atoms with Crippen molar-refractivity contribution in [3.05, 3.63) is 43.0 Å². The summed E-state index contributed by atoms with van der Waals surface area (Å²) in [6.45, 7) is 0.531. The van der Waals surface area contributed by atoms with Crippen LogP contribution in [0.2, 0.25) is 4.34 Å². The van der Waals surface area contributed by atoms with E-state index in [2.05, 4.69) is 4.98 Å². The molecule has 0 unspecified atom stereocenters. The third-order valence-corrected chi connectivity index (χ3v) is 4.75. The molecule has 0 fully saturated rings. The molecule has 0 atom stereocenters. The van der Waals surface area contributed by atoms with Crippen molar-refractivity contribution < 1.29 is 4.92 Å². The second-order valence-electron chi connectivity index (χ2n) is 4.13. The largest absolute Gasteiger partial charge is 0.373 e. The average Bonchev–Trinajstić information content (AvgIpc) is 3.02. The second kappa shape index (κ2) is 5.04. The van der Waals surface area contributed by atoms with Gasteiger partial charge in [0, 0.05) is 17.3 Å². The van der Waals surface area contributed by atoms with E-state index in [1.165, 1.54) is 27.1 Å². The van der Waals surface area contributed by atoms with Crippen molar-refractivity contribution in [3.63, 3.8) is 0 Å². The molecule has 0 amide bonds. The molecule has 0 aliphatic heterocycles. The second-order valence-corrected chi connectivity index (χ2v) is 6.81. The summed E-state index contributed by atoms with van der Waals surface area (Å²) in [7, 11) is 1.78. The molecule has 0 radical (unpaired) electrons. The van der Waals surface area contributed by atoms with Gasteiger partial charge in [-0.15, -0.1) is 11.3 Å². The van der Waals surface area contributed by atoms with E-state index in [9.17, 15) is 10.1 Å². The van der Waals surface area contributed by atoms with Crippen LogP contribution < -0.4 is 4.90 Å². The van der Waals surface area contributed by atoms with Crippen LogP contribution in [0, 0.1) is 10.1 Å². The first-order valence-corrected chi connectivity index (χ1v) is 7.69. The molecule has 0 aliphatic carbocycles. The van der Waals surface area contributed by atoms with Crippen LogP contribution in [-0.4, -0.2) is 21.4 Å². The van der Waals surface area contributed by atoms with Gasteiger partial charge < -0.3 is 15.0 Å². The number of nitro groups is 1. The number of thiophene rings is 1. The van der Waals surface area contributed by atoms with Gasteiger partial charge in [0.1, 0.15) is 6.20 Å². The van der Waals surface area contributed by atoms with Crippen LogP contribution in [-0.2, 0) is 6.54 Å². The molecule has 9 heteroatoms. The molecule has 0 spiro atoms. The van der Waals surface area contributed by atoms with Crippen molar-refractivity contribution in [2.45, 2.75) is 6.54 Å². The zero-order chi connectivity index (χ0) is 14.3. The van der Waals surface area contributed by atoms with Gasteiger partial charge in [-0.05, 0) is 17.1 Å². The fourth-order valence-electron chi connectivity index (χ4n) is 1.93. The molecule has 20 heavy (non-hydrogen) atoms. The summed E-state index contributed by atoms with van der Waals surface area (Å²) >= 11 is 8.72. The number of anilines is 1. The highest BCUT2D eigenvalue weighted by atomic mass is 35.5. The molecular weight excluding hydrogens is 320 g/mol. The molecule has 0 saturated heterocycles. The van der Waals surface area contributed by atoms with Gasteiger partial charge in [0.25, 0.3) is 4.96 Å². The van der Waals surface area contributed by atoms with E-state index in [-0.39, 0.29) is 5.82 Å². The summed E-state index contributed by atoms with van der Waals surface area (Å²) in [5, 5.41) is 13.0. The lowest BCUT2D eigenvalue weighted by Crippen LogP contribution is -2.17. The smallest absolute Gasteiger partial charge is 0.358 e. The number of rotatable bonds is 4. The van der Waals surface area contributed by atoms with Crippen molar-refractivity contribution in [1.29, 1.82) is 0 Å². The lowest BCUT2D eigenvalue weighted by Gasteiger charge is -2.14. The molecule has 0 aliphatic rings. The fourth-order valence-corrected chi connectivity index (χ4v) is 3.78. The molecule has 0 saturated carbocycles. The third kappa shape index (κ3) is 2.26. The lowest BCUT2D eigenvalue weighted by atomic mass is 10.4. The van der Waals surface area contributed by atoms with Crippen molar-refractivity contribution >= 4 is 50.9 Å². The summed E-state index contributed by atoms with van der Waals surface area (Å²) < 4.78 is 2.20. The Morgan fingerprint density at radius 1 is 1.55 bits per heavy atom. The first-order chi connectivity index (χ1) is 9.56. The molecule has 0 N–H and O–H groups in total. The maximum Gasteiger partial charge on any atom is 0.373 e. The lowest BCUT2D eigenvalue weighted by molar-refractivity contribution is -0.389. The summed E-state index contributed by atoms with van der Waals surface area (Å²) in [4.78, 5) is 18.6. The van der Waals surface area contributed by atoms with E-state index >= 15 is 0 Å². The monoisotopic (exact) mass is 328 g/mol. The molecular formula is C11H9ClN4O2S2. The van der Waals surface area contributed by atoms with Crippen LogP contribution in [0.1, 0.15) is 4.88 Å². The Hall–Kier alpha value is -1.64. The van der Waals surface area contributed by atoms with Crippen LogP contribution in [0.3, 0.4) is 0 Å². The van der Waals surface area contributed by atoms with Gasteiger partial charge in [0.05, 0.1) is 10.9 Å². The highest BCUT2D eigenvalue weighted by Crippen LogP contribution is 2.32. The van der Waals surface area contributed by atoms with E-state index in [0.29, 0.717) is 21.7 Å². The summed E-state index contributed by atoms with van der Waals surface area (Å²) in [6, 6.07) is 3.73. The predicted octanol–water partition coefficient (Wildman–Crippen LogP) is 3.66. The van der Waals surface area contributed by atoms with Gasteiger partial charge in [-0.1, -0.05) is 22.9 Å². The number of halogens is 1. The Bertz CT molecular complexity index is 778. The third-order valence-electron chi connectivity index (χ3n) is 2.78. The maximum absolute atomic E-state index is 11.3. The zero-order valence-corrected chi connectivity index (χ0v) is 12.7. The summed E-state index contributed by atoms with van der Waals surface area (Å²) in [6.07, 6.45) is 1.66. The van der Waals surface area contributed by atoms with Crippen LogP contribution in [0.4, 0.5) is 11.6 Å². The average molecular weight is 329 g/mol. The molecule has 104 valence electrons. The van der Waals surface area contributed by atoms with E-state index in [0.717, 1.165) is 4.88 Å². The number of hydrogen-bond donors (Lipinski definition) is 0. The van der Waals surface area contributed by atoms with E-state index in [4.69, 9.17) is 11.6 Å². The van der Waals surface area contributed by atoms with Gasteiger partial charge in [0.15, 0.2) is 0 Å². The number of nitrogens with zero attached hydrogens (tertiary/aromatic N) is 4. The van der Waals surface area contributed by atoms with Gasteiger partial charge in [-0.2, -0.15) is 9.38 Å². The minimum absolute atomic E-state index is 0.00796. The molecule has 0 aromatic carbocycles. The molecule has 3 rings (SSSR count). The Labute approximate surface area is 127 Å². The minimum Gasteiger partial charge on any atom is -0.358 e. The van der Waals surface area contributed by atoms with Crippen LogP contribution in [0.5, 0.6) is 0 Å². The highest BCUT2D eigenvalue weighted by Gasteiger charge is 2.26. The van der Waals surface area contributed by atoms with Gasteiger partial charge in [0.2, 0.25) is 5.82 Å². The van der Waals surface area contributed by atoms with Crippen molar-refractivity contribution in [3.8, 4) is 0 Å². The number of fused-ring (bicyclic) bond motifs is 1. The van der Waals surface area contributed by atoms with Crippen molar-refractivity contribution in [2.75, 3.05) is 11.9 Å². The Morgan fingerprint density at radius 3 is 3.00 bits per heavy atom. The van der Waals surface area contributed by atoms with E-state index in [1.807, 2.05) is 12.1 Å². The molecule has 0 bridgehead atoms. The quantitative estimate of drug-likeness (QED) is 0.541. The van der Waals surface area contributed by atoms with Crippen molar-refractivity contribution in [1.82, 2.24) is 9.38 Å². The van der Waals surface area contributed by atoms with Gasteiger partial charge in [-0.25, -0.2) is 0 Å². The maximum atomic E-state index is 11.3. The summed E-state index contributed by atoms with van der Waals surface area (Å²) in [5.41, 5.74) is 0. The number of aromatic nitrogens is 2. The minimum atomic E-state index is -0.403. The topological polar surface area (TPSA) is 63.7 Å². The highest BCUT2D eigenvalue weighted by molar-refractivity contribution is 7.16. The molecule has 6 nitrogen and oxygen atoms in total. The fraction of sp³-hybridized carbons (Fsp3) is 0.182. The summed E-state index contributed by atoms with van der Waals surface area (Å²) in [5.74, 6) is 0.359. The van der Waals surface area contributed by atoms with Crippen LogP contribution in [0.25, 0.3) is 4.96 Å². The first-order valence-electron chi connectivity index (χ1n) is 5.61. The molecule has 3 aromatic heterocycles. The zero-order valence-electron chi connectivity index (χ0n) is 10.3. The molecule has 3 aromatic rings. The van der Waals surface area contributed by atoms with E-state index in [1.54, 1.807) is 23.5 Å².